The number of aromatic nitrogens is 3. The van der Waals surface area contributed by atoms with Crippen molar-refractivity contribution in [2.75, 3.05) is 29.9 Å². The van der Waals surface area contributed by atoms with Gasteiger partial charge in [-0.15, -0.1) is 11.3 Å². The zero-order valence-corrected chi connectivity index (χ0v) is 14.9. The van der Waals surface area contributed by atoms with Crippen LogP contribution < -0.4 is 15.5 Å². The maximum Gasteiger partial charge on any atom is 0.434 e. The van der Waals surface area contributed by atoms with Gasteiger partial charge in [0.05, 0.1) is 17.6 Å². The van der Waals surface area contributed by atoms with Crippen LogP contribution in [0.3, 0.4) is 0 Å². The van der Waals surface area contributed by atoms with Gasteiger partial charge in [0.15, 0.2) is 10.8 Å². The molecule has 2 aromatic rings. The van der Waals surface area contributed by atoms with E-state index in [-0.39, 0.29) is 11.9 Å². The van der Waals surface area contributed by atoms with Gasteiger partial charge in [-0.3, -0.25) is 5.10 Å². The third-order valence-electron chi connectivity index (χ3n) is 4.14. The van der Waals surface area contributed by atoms with Crippen LogP contribution >= 0.6 is 11.3 Å². The van der Waals surface area contributed by atoms with Crippen molar-refractivity contribution in [2.24, 2.45) is 0 Å². The molecule has 3 N–H and O–H groups in total. The zero-order valence-electron chi connectivity index (χ0n) is 14.1. The number of piperidine rings is 1. The summed E-state index contributed by atoms with van der Waals surface area (Å²) < 4.78 is 38.3. The Morgan fingerprint density at radius 3 is 3.00 bits per heavy atom. The van der Waals surface area contributed by atoms with Crippen LogP contribution in [0.1, 0.15) is 37.1 Å². The highest BCUT2D eigenvalue weighted by molar-refractivity contribution is 7.13. The van der Waals surface area contributed by atoms with Crippen LogP contribution in [0.2, 0.25) is 0 Å². The fraction of sp³-hybridized carbons (Fsp3) is 0.533. The lowest BCUT2D eigenvalue weighted by Crippen LogP contribution is -2.35. The second kappa shape index (κ2) is 7.52. The molecule has 3 rings (SSSR count). The summed E-state index contributed by atoms with van der Waals surface area (Å²) in [7, 11) is 0. The Balaban J connectivity index is 1.72. The van der Waals surface area contributed by atoms with Crippen molar-refractivity contribution in [1.82, 2.24) is 20.5 Å². The van der Waals surface area contributed by atoms with E-state index in [9.17, 15) is 18.0 Å². The Morgan fingerprint density at radius 2 is 2.31 bits per heavy atom. The fourth-order valence-electron chi connectivity index (χ4n) is 2.96. The molecule has 2 amide bonds. The number of nitrogens with zero attached hydrogens (tertiary/aromatic N) is 3. The summed E-state index contributed by atoms with van der Waals surface area (Å²) in [6.45, 7) is 3.48. The number of aromatic amines is 1. The summed E-state index contributed by atoms with van der Waals surface area (Å²) in [6, 6.07) is -0.322. The molecule has 142 valence electrons. The lowest BCUT2D eigenvalue weighted by molar-refractivity contribution is -0.140. The van der Waals surface area contributed by atoms with Crippen molar-refractivity contribution in [3.63, 3.8) is 0 Å². The number of anilines is 2. The highest BCUT2D eigenvalue weighted by atomic mass is 32.1. The average Bonchev–Trinajstić information content (AvgIpc) is 3.24. The first kappa shape index (κ1) is 18.5. The number of alkyl halides is 3. The number of halogens is 3. The summed E-state index contributed by atoms with van der Waals surface area (Å²) in [4.78, 5) is 17.3. The van der Waals surface area contributed by atoms with Gasteiger partial charge in [-0.05, 0) is 19.8 Å². The van der Waals surface area contributed by atoms with Gasteiger partial charge in [0.25, 0.3) is 0 Å². The normalized spacial score (nSPS) is 18.0. The molecule has 1 fully saturated rings. The number of rotatable bonds is 4. The Hall–Kier alpha value is -2.30. The summed E-state index contributed by atoms with van der Waals surface area (Å²) >= 11 is 0.993. The van der Waals surface area contributed by atoms with E-state index in [1.54, 1.807) is 0 Å². The lowest BCUT2D eigenvalue weighted by atomic mass is 9.94. The number of carbonyl (C=O) groups is 1. The molecule has 0 aromatic carbocycles. The number of carbonyl (C=O) groups excluding carboxylic acids is 1. The topological polar surface area (TPSA) is 85.9 Å². The van der Waals surface area contributed by atoms with Crippen molar-refractivity contribution >= 4 is 28.2 Å². The van der Waals surface area contributed by atoms with Gasteiger partial charge in [-0.2, -0.15) is 18.3 Å². The average molecular weight is 388 g/mol. The quantitative estimate of drug-likeness (QED) is 0.749. The van der Waals surface area contributed by atoms with Crippen molar-refractivity contribution in [1.29, 1.82) is 0 Å². The molecule has 0 saturated carbocycles. The number of amides is 2. The molecule has 11 heteroatoms. The molecule has 1 saturated heterocycles. The minimum absolute atomic E-state index is 0.0152. The van der Waals surface area contributed by atoms with E-state index >= 15 is 0 Å². The maximum absolute atomic E-state index is 12.8. The van der Waals surface area contributed by atoms with E-state index in [0.717, 1.165) is 35.3 Å². The highest BCUT2D eigenvalue weighted by Gasteiger charge is 2.35. The summed E-state index contributed by atoms with van der Waals surface area (Å²) in [5.74, 6) is 0.0152. The largest absolute Gasteiger partial charge is 0.434 e. The minimum Gasteiger partial charge on any atom is -0.347 e. The Labute approximate surface area is 152 Å². The Kier molecular flexibility index (Phi) is 5.35. The summed E-state index contributed by atoms with van der Waals surface area (Å²) in [6.07, 6.45) is -1.24. The van der Waals surface area contributed by atoms with Crippen LogP contribution in [0.25, 0.3) is 0 Å². The van der Waals surface area contributed by atoms with Crippen molar-refractivity contribution in [2.45, 2.75) is 31.9 Å². The molecule has 0 radical (unpaired) electrons. The third-order valence-corrected chi connectivity index (χ3v) is 5.04. The van der Waals surface area contributed by atoms with Crippen LogP contribution in [-0.2, 0) is 6.18 Å². The molecule has 1 atom stereocenters. The standard InChI is InChI=1S/C15H19F3N6OS/c1-2-19-13(25)21-10-6-20-23-12(10)9-4-3-5-24(7-9)14-22-11(8-26-14)15(16,17)18/h6,8-9H,2-5,7H2,1H3,(H,20,23)(H2,19,21,25). The van der Waals surface area contributed by atoms with E-state index < -0.39 is 11.9 Å². The number of hydrogen-bond donors (Lipinski definition) is 3. The van der Waals surface area contributed by atoms with Crippen molar-refractivity contribution in [3.8, 4) is 0 Å². The van der Waals surface area contributed by atoms with Crippen molar-refractivity contribution in [3.05, 3.63) is 23.0 Å². The van der Waals surface area contributed by atoms with Crippen LogP contribution in [0.4, 0.5) is 28.8 Å². The van der Waals surface area contributed by atoms with E-state index in [2.05, 4.69) is 25.8 Å². The molecule has 0 bridgehead atoms. The van der Waals surface area contributed by atoms with E-state index in [4.69, 9.17) is 0 Å². The van der Waals surface area contributed by atoms with Crippen LogP contribution in [0.5, 0.6) is 0 Å². The van der Waals surface area contributed by atoms with E-state index in [1.165, 1.54) is 6.20 Å². The second-order valence-electron chi connectivity index (χ2n) is 5.98. The van der Waals surface area contributed by atoms with Gasteiger partial charge < -0.3 is 15.5 Å². The first-order valence-corrected chi connectivity index (χ1v) is 9.12. The number of urea groups is 1. The zero-order chi connectivity index (χ0) is 18.7. The summed E-state index contributed by atoms with van der Waals surface area (Å²) in [5, 5.41) is 13.7. The maximum atomic E-state index is 12.8. The smallest absolute Gasteiger partial charge is 0.347 e. The van der Waals surface area contributed by atoms with Crippen molar-refractivity contribution < 1.29 is 18.0 Å². The molecule has 26 heavy (non-hydrogen) atoms. The highest BCUT2D eigenvalue weighted by Crippen LogP contribution is 2.36. The molecule has 1 aliphatic rings. The van der Waals surface area contributed by atoms with Gasteiger partial charge in [-0.25, -0.2) is 9.78 Å². The van der Waals surface area contributed by atoms with Crippen LogP contribution in [0.15, 0.2) is 11.6 Å². The SMILES string of the molecule is CCNC(=O)Nc1cn[nH]c1C1CCCN(c2nc(C(F)(F)F)cs2)C1. The van der Waals surface area contributed by atoms with E-state index in [0.29, 0.717) is 30.5 Å². The Bertz CT molecular complexity index is 759. The number of H-pyrrole nitrogens is 1. The van der Waals surface area contributed by atoms with E-state index in [1.807, 2.05) is 11.8 Å². The minimum atomic E-state index is -4.43. The van der Waals surface area contributed by atoms with Gasteiger partial charge in [0.1, 0.15) is 0 Å². The molecule has 1 aliphatic heterocycles. The van der Waals surface area contributed by atoms with Gasteiger partial charge in [-0.1, -0.05) is 0 Å². The fourth-order valence-corrected chi connectivity index (χ4v) is 3.83. The number of hydrogen-bond acceptors (Lipinski definition) is 5. The monoisotopic (exact) mass is 388 g/mol. The molecule has 0 spiro atoms. The number of thiazole rings is 1. The van der Waals surface area contributed by atoms with Gasteiger partial charge in [0, 0.05) is 30.9 Å². The van der Waals surface area contributed by atoms with Gasteiger partial charge >= 0.3 is 12.2 Å². The lowest BCUT2D eigenvalue weighted by Gasteiger charge is -2.32. The summed E-state index contributed by atoms with van der Waals surface area (Å²) in [5.41, 5.74) is 0.492. The molecular weight excluding hydrogens is 369 g/mol. The van der Waals surface area contributed by atoms with Crippen LogP contribution in [-0.4, -0.2) is 40.8 Å². The molecular formula is C15H19F3N6OS. The predicted octanol–water partition coefficient (Wildman–Crippen LogP) is 3.41. The second-order valence-corrected chi connectivity index (χ2v) is 6.82. The molecule has 1 unspecified atom stereocenters. The first-order chi connectivity index (χ1) is 12.4. The molecule has 2 aromatic heterocycles. The first-order valence-electron chi connectivity index (χ1n) is 8.24. The number of nitrogens with one attached hydrogen (secondary N) is 3. The van der Waals surface area contributed by atoms with Crippen LogP contribution in [0, 0.1) is 0 Å². The Morgan fingerprint density at radius 1 is 1.50 bits per heavy atom. The molecule has 7 nitrogen and oxygen atoms in total. The predicted molar refractivity (Wildman–Crippen MR) is 92.6 cm³/mol. The van der Waals surface area contributed by atoms with Gasteiger partial charge in [0.2, 0.25) is 0 Å². The third kappa shape index (κ3) is 4.09. The molecule has 0 aliphatic carbocycles. The molecule has 3 heterocycles.